The summed E-state index contributed by atoms with van der Waals surface area (Å²) in [7, 11) is 1.85. The van der Waals surface area contributed by atoms with Gasteiger partial charge in [0.05, 0.1) is 5.69 Å². The molecule has 1 aromatic carbocycles. The van der Waals surface area contributed by atoms with Crippen LogP contribution in [0.5, 0.6) is 0 Å². The Morgan fingerprint density at radius 3 is 2.76 bits per heavy atom. The minimum atomic E-state index is -0.216. The maximum absolute atomic E-state index is 13.4. The number of halogens is 1. The van der Waals surface area contributed by atoms with E-state index >= 15 is 0 Å². The minimum absolute atomic E-state index is 0.216. The Morgan fingerprint density at radius 2 is 2.12 bits per heavy atom. The zero-order valence-corrected chi connectivity index (χ0v) is 9.93. The molecular formula is C12H18FN3O. The average Bonchev–Trinajstić information content (AvgIpc) is 2.34. The van der Waals surface area contributed by atoms with Gasteiger partial charge in [-0.15, -0.1) is 0 Å². The predicted octanol–water partition coefficient (Wildman–Crippen LogP) is 2.18. The van der Waals surface area contributed by atoms with Crippen LogP contribution in [0.25, 0.3) is 0 Å². The highest BCUT2D eigenvalue weighted by Crippen LogP contribution is 2.17. The fourth-order valence-electron chi connectivity index (χ4n) is 1.59. The lowest BCUT2D eigenvalue weighted by atomic mass is 10.2. The molecule has 94 valence electrons. The summed E-state index contributed by atoms with van der Waals surface area (Å²) in [5, 5.41) is 11.3. The van der Waals surface area contributed by atoms with Crippen molar-refractivity contribution in [1.29, 1.82) is 0 Å². The molecule has 0 saturated heterocycles. The maximum Gasteiger partial charge on any atom is 0.146 e. The largest absolute Gasteiger partial charge is 0.409 e. The van der Waals surface area contributed by atoms with Crippen molar-refractivity contribution in [2.75, 3.05) is 18.5 Å². The first-order valence-corrected chi connectivity index (χ1v) is 5.57. The van der Waals surface area contributed by atoms with Gasteiger partial charge >= 0.3 is 0 Å². The van der Waals surface area contributed by atoms with Crippen molar-refractivity contribution in [3.05, 3.63) is 30.1 Å². The fraction of sp³-hybridized carbons (Fsp3) is 0.417. The highest BCUT2D eigenvalue weighted by atomic mass is 19.1. The molecule has 17 heavy (non-hydrogen) atoms. The topological polar surface area (TPSA) is 61.8 Å². The van der Waals surface area contributed by atoms with Crippen LogP contribution in [0.1, 0.15) is 19.3 Å². The Hall–Kier alpha value is -1.78. The minimum Gasteiger partial charge on any atom is -0.409 e. The number of oxime groups is 1. The van der Waals surface area contributed by atoms with Gasteiger partial charge in [-0.3, -0.25) is 0 Å². The summed E-state index contributed by atoms with van der Waals surface area (Å²) in [5.41, 5.74) is 5.95. The second-order valence-electron chi connectivity index (χ2n) is 3.92. The molecular weight excluding hydrogens is 221 g/mol. The van der Waals surface area contributed by atoms with E-state index in [0.29, 0.717) is 12.1 Å². The van der Waals surface area contributed by atoms with E-state index in [2.05, 4.69) is 5.16 Å². The summed E-state index contributed by atoms with van der Waals surface area (Å²) in [6.07, 6.45) is 2.23. The third kappa shape index (κ3) is 4.30. The number of rotatable bonds is 6. The van der Waals surface area contributed by atoms with Crippen molar-refractivity contribution in [3.63, 3.8) is 0 Å². The van der Waals surface area contributed by atoms with Gasteiger partial charge in [-0.05, 0) is 25.0 Å². The summed E-state index contributed by atoms with van der Waals surface area (Å²) < 4.78 is 13.4. The van der Waals surface area contributed by atoms with E-state index in [1.165, 1.54) is 6.07 Å². The van der Waals surface area contributed by atoms with Crippen LogP contribution >= 0.6 is 0 Å². The van der Waals surface area contributed by atoms with Crippen LogP contribution in [0.2, 0.25) is 0 Å². The van der Waals surface area contributed by atoms with E-state index in [0.717, 1.165) is 19.4 Å². The zero-order valence-electron chi connectivity index (χ0n) is 9.93. The number of hydrogen-bond acceptors (Lipinski definition) is 3. The summed E-state index contributed by atoms with van der Waals surface area (Å²) in [6.45, 7) is 0.736. The average molecular weight is 239 g/mol. The third-order valence-electron chi connectivity index (χ3n) is 2.57. The van der Waals surface area contributed by atoms with Gasteiger partial charge in [0.2, 0.25) is 0 Å². The Balaban J connectivity index is 2.35. The number of anilines is 1. The van der Waals surface area contributed by atoms with Gasteiger partial charge in [-0.25, -0.2) is 4.39 Å². The molecule has 5 heteroatoms. The van der Waals surface area contributed by atoms with Crippen LogP contribution in [0.4, 0.5) is 10.1 Å². The fourth-order valence-corrected chi connectivity index (χ4v) is 1.59. The molecule has 0 radical (unpaired) electrons. The van der Waals surface area contributed by atoms with Crippen molar-refractivity contribution in [1.82, 2.24) is 0 Å². The first kappa shape index (κ1) is 13.3. The van der Waals surface area contributed by atoms with Crippen molar-refractivity contribution < 1.29 is 9.60 Å². The van der Waals surface area contributed by atoms with E-state index in [9.17, 15) is 4.39 Å². The SMILES string of the molecule is CN(CCCCC(N)=NO)c1ccccc1F. The van der Waals surface area contributed by atoms with E-state index in [-0.39, 0.29) is 11.7 Å². The molecule has 0 aliphatic heterocycles. The van der Waals surface area contributed by atoms with Crippen LogP contribution < -0.4 is 10.6 Å². The van der Waals surface area contributed by atoms with Crippen LogP contribution in [0.15, 0.2) is 29.4 Å². The molecule has 0 heterocycles. The Labute approximate surface area is 101 Å². The molecule has 3 N–H and O–H groups in total. The molecule has 0 atom stereocenters. The molecule has 0 bridgehead atoms. The van der Waals surface area contributed by atoms with Gasteiger partial charge in [-0.1, -0.05) is 17.3 Å². The molecule has 0 aliphatic rings. The maximum atomic E-state index is 13.4. The summed E-state index contributed by atoms with van der Waals surface area (Å²) >= 11 is 0. The molecule has 0 saturated carbocycles. The monoisotopic (exact) mass is 239 g/mol. The van der Waals surface area contributed by atoms with Crippen LogP contribution in [-0.2, 0) is 0 Å². The number of amidine groups is 1. The number of para-hydroxylation sites is 1. The smallest absolute Gasteiger partial charge is 0.146 e. The quantitative estimate of drug-likeness (QED) is 0.263. The number of unbranched alkanes of at least 4 members (excludes halogenated alkanes) is 1. The first-order valence-electron chi connectivity index (χ1n) is 5.57. The standard InChI is InChI=1S/C12H18FN3O/c1-16(9-5-4-8-12(14)15-17)11-7-3-2-6-10(11)13/h2-3,6-7,17H,4-5,8-9H2,1H3,(H2,14,15). The Kier molecular flexibility index (Phi) is 5.26. The molecule has 4 nitrogen and oxygen atoms in total. The van der Waals surface area contributed by atoms with E-state index in [1.54, 1.807) is 12.1 Å². The number of nitrogens with zero attached hydrogens (tertiary/aromatic N) is 2. The summed E-state index contributed by atoms with van der Waals surface area (Å²) in [4.78, 5) is 1.86. The highest BCUT2D eigenvalue weighted by Gasteiger charge is 2.05. The third-order valence-corrected chi connectivity index (χ3v) is 2.57. The van der Waals surface area contributed by atoms with Crippen molar-refractivity contribution in [2.45, 2.75) is 19.3 Å². The summed E-state index contributed by atoms with van der Waals surface area (Å²) in [5.74, 6) is 0.0185. The number of nitrogens with two attached hydrogens (primary N) is 1. The van der Waals surface area contributed by atoms with Crippen molar-refractivity contribution in [3.8, 4) is 0 Å². The van der Waals surface area contributed by atoms with Crippen molar-refractivity contribution in [2.24, 2.45) is 10.9 Å². The summed E-state index contributed by atoms with van der Waals surface area (Å²) in [6, 6.07) is 6.68. The van der Waals surface area contributed by atoms with Crippen LogP contribution in [0, 0.1) is 5.82 Å². The van der Waals surface area contributed by atoms with Crippen LogP contribution in [-0.4, -0.2) is 24.6 Å². The molecule has 0 spiro atoms. The molecule has 0 amide bonds. The van der Waals surface area contributed by atoms with Crippen LogP contribution in [0.3, 0.4) is 0 Å². The van der Waals surface area contributed by atoms with E-state index in [4.69, 9.17) is 10.9 Å². The molecule has 0 aliphatic carbocycles. The Morgan fingerprint density at radius 1 is 1.41 bits per heavy atom. The molecule has 0 fully saturated rings. The van der Waals surface area contributed by atoms with Gasteiger partial charge in [0, 0.05) is 20.0 Å². The zero-order chi connectivity index (χ0) is 12.7. The number of benzene rings is 1. The molecule has 1 aromatic rings. The van der Waals surface area contributed by atoms with E-state index < -0.39 is 0 Å². The second kappa shape index (κ2) is 6.73. The highest BCUT2D eigenvalue weighted by molar-refractivity contribution is 5.79. The lowest BCUT2D eigenvalue weighted by Crippen LogP contribution is -2.20. The molecule has 1 rings (SSSR count). The predicted molar refractivity (Wildman–Crippen MR) is 66.9 cm³/mol. The molecule has 0 unspecified atom stereocenters. The lowest BCUT2D eigenvalue weighted by molar-refractivity contribution is 0.316. The van der Waals surface area contributed by atoms with Gasteiger partial charge < -0.3 is 15.8 Å². The van der Waals surface area contributed by atoms with Gasteiger partial charge in [0.15, 0.2) is 0 Å². The van der Waals surface area contributed by atoms with Gasteiger partial charge in [0.25, 0.3) is 0 Å². The molecule has 0 aromatic heterocycles. The van der Waals surface area contributed by atoms with Gasteiger partial charge in [0.1, 0.15) is 11.7 Å². The normalized spacial score (nSPS) is 11.5. The first-order chi connectivity index (χ1) is 8.15. The number of hydrogen-bond donors (Lipinski definition) is 2. The second-order valence-corrected chi connectivity index (χ2v) is 3.92. The van der Waals surface area contributed by atoms with Crippen molar-refractivity contribution >= 4 is 11.5 Å². The van der Waals surface area contributed by atoms with Gasteiger partial charge in [-0.2, -0.15) is 0 Å². The lowest BCUT2D eigenvalue weighted by Gasteiger charge is -2.19. The Bertz CT molecular complexity index is 382. The van der Waals surface area contributed by atoms with E-state index in [1.807, 2.05) is 18.0 Å².